The molecule has 9 heteroatoms. The van der Waals surface area contributed by atoms with E-state index in [0.29, 0.717) is 24.3 Å². The molecule has 43 heavy (non-hydrogen) atoms. The van der Waals surface area contributed by atoms with E-state index in [1.807, 2.05) is 57.2 Å². The maximum Gasteiger partial charge on any atom is 0.264 e. The van der Waals surface area contributed by atoms with Crippen LogP contribution >= 0.6 is 0 Å². The van der Waals surface area contributed by atoms with Crippen LogP contribution < -0.4 is 14.4 Å². The summed E-state index contributed by atoms with van der Waals surface area (Å²) in [7, 11) is -2.53. The molecule has 1 N–H and O–H groups in total. The lowest BCUT2D eigenvalue weighted by Crippen LogP contribution is -2.53. The number of amides is 2. The van der Waals surface area contributed by atoms with Crippen LogP contribution in [-0.2, 0) is 32.6 Å². The summed E-state index contributed by atoms with van der Waals surface area (Å²) in [4.78, 5) is 29.6. The van der Waals surface area contributed by atoms with E-state index in [2.05, 4.69) is 5.32 Å². The van der Waals surface area contributed by atoms with Crippen molar-refractivity contribution in [1.82, 2.24) is 10.2 Å². The van der Waals surface area contributed by atoms with Crippen molar-refractivity contribution in [2.75, 3.05) is 18.0 Å². The van der Waals surface area contributed by atoms with Crippen LogP contribution in [0.15, 0.2) is 77.7 Å². The monoisotopic (exact) mass is 605 g/mol. The number of aryl methyl sites for hydroxylation is 2. The van der Waals surface area contributed by atoms with Gasteiger partial charge in [-0.05, 0) is 74.1 Å². The lowest BCUT2D eigenvalue weighted by atomic mass is 10.1. The van der Waals surface area contributed by atoms with E-state index in [0.717, 1.165) is 42.4 Å². The van der Waals surface area contributed by atoms with Crippen LogP contribution in [0, 0.1) is 6.92 Å². The molecule has 0 spiro atoms. The van der Waals surface area contributed by atoms with Crippen LogP contribution in [-0.4, -0.2) is 50.9 Å². The lowest BCUT2D eigenvalue weighted by Gasteiger charge is -2.34. The molecule has 0 radical (unpaired) electrons. The highest BCUT2D eigenvalue weighted by Gasteiger charge is 2.35. The minimum absolute atomic E-state index is 0.0920. The number of para-hydroxylation sites is 1. The average Bonchev–Trinajstić information content (AvgIpc) is 3.53. The van der Waals surface area contributed by atoms with Gasteiger partial charge in [0.15, 0.2) is 0 Å². The molecule has 0 unspecified atom stereocenters. The third-order valence-corrected chi connectivity index (χ3v) is 9.90. The summed E-state index contributed by atoms with van der Waals surface area (Å²) >= 11 is 0. The maximum atomic E-state index is 14.3. The Morgan fingerprint density at radius 3 is 2.21 bits per heavy atom. The Kier molecular flexibility index (Phi) is 10.9. The number of nitrogens with one attached hydrogen (secondary N) is 1. The number of sulfonamides is 1. The van der Waals surface area contributed by atoms with Gasteiger partial charge in [-0.3, -0.25) is 13.9 Å². The summed E-state index contributed by atoms with van der Waals surface area (Å²) < 4.78 is 34.8. The normalized spacial score (nSPS) is 14.2. The summed E-state index contributed by atoms with van der Waals surface area (Å²) in [5.74, 6) is 0.0168. The molecule has 1 aliphatic carbocycles. The van der Waals surface area contributed by atoms with Crippen molar-refractivity contribution in [3.05, 3.63) is 89.5 Å². The van der Waals surface area contributed by atoms with Crippen molar-refractivity contribution in [2.45, 2.75) is 82.8 Å². The van der Waals surface area contributed by atoms with Gasteiger partial charge in [-0.2, -0.15) is 0 Å². The van der Waals surface area contributed by atoms with E-state index in [1.54, 1.807) is 43.5 Å². The number of ether oxygens (including phenoxy) is 1. The Labute approximate surface area is 256 Å². The highest BCUT2D eigenvalue weighted by molar-refractivity contribution is 7.92. The third kappa shape index (κ3) is 7.76. The predicted molar refractivity (Wildman–Crippen MR) is 170 cm³/mol. The SMILES string of the molecule is CCc1ccccc1N(CC(=O)N(Cc1ccc(OC)cc1)[C@H](CC)C(=O)NC1CCCC1)S(=O)(=O)c1ccc(C)cc1. The van der Waals surface area contributed by atoms with E-state index in [9.17, 15) is 18.0 Å². The molecule has 230 valence electrons. The van der Waals surface area contributed by atoms with Gasteiger partial charge in [0.1, 0.15) is 18.3 Å². The first-order valence-electron chi connectivity index (χ1n) is 15.1. The number of hydrogen-bond acceptors (Lipinski definition) is 5. The standard InChI is InChI=1S/C34H43N3O5S/c1-5-27-11-7-10-14-32(27)37(43(40,41)30-21-15-25(3)16-22-30)24-33(38)36(23-26-17-19-29(42-4)20-18-26)31(6-2)34(39)35-28-12-8-9-13-28/h7,10-11,14-22,28,31H,5-6,8-9,12-13,23-24H2,1-4H3,(H,35,39)/t31-/m1/s1. The van der Waals surface area contributed by atoms with Gasteiger partial charge in [0, 0.05) is 12.6 Å². The lowest BCUT2D eigenvalue weighted by molar-refractivity contribution is -0.140. The summed E-state index contributed by atoms with van der Waals surface area (Å²) in [6.07, 6.45) is 4.95. The summed E-state index contributed by atoms with van der Waals surface area (Å²) in [5.41, 5.74) is 2.99. The molecule has 0 heterocycles. The zero-order valence-electron chi connectivity index (χ0n) is 25.6. The van der Waals surface area contributed by atoms with Gasteiger partial charge < -0.3 is 15.0 Å². The predicted octanol–water partition coefficient (Wildman–Crippen LogP) is 5.63. The van der Waals surface area contributed by atoms with E-state index < -0.39 is 28.5 Å². The first kappa shape index (κ1) is 32.1. The van der Waals surface area contributed by atoms with Gasteiger partial charge in [0.25, 0.3) is 10.0 Å². The first-order valence-corrected chi connectivity index (χ1v) is 16.5. The van der Waals surface area contributed by atoms with E-state index >= 15 is 0 Å². The molecule has 0 saturated heterocycles. The highest BCUT2D eigenvalue weighted by atomic mass is 32.2. The summed E-state index contributed by atoms with van der Waals surface area (Å²) in [6, 6.07) is 20.5. The van der Waals surface area contributed by atoms with Gasteiger partial charge in [0.05, 0.1) is 17.7 Å². The smallest absolute Gasteiger partial charge is 0.264 e. The molecule has 1 aliphatic rings. The molecule has 1 saturated carbocycles. The number of hydrogen-bond donors (Lipinski definition) is 1. The molecule has 8 nitrogen and oxygen atoms in total. The number of nitrogens with zero attached hydrogens (tertiary/aromatic N) is 2. The number of carbonyl (C=O) groups excluding carboxylic acids is 2. The fourth-order valence-corrected chi connectivity index (χ4v) is 7.07. The Morgan fingerprint density at radius 1 is 0.953 bits per heavy atom. The van der Waals surface area contributed by atoms with Crippen LogP contribution in [0.2, 0.25) is 0 Å². The second-order valence-electron chi connectivity index (χ2n) is 11.1. The quantitative estimate of drug-likeness (QED) is 0.273. The van der Waals surface area contributed by atoms with E-state index in [4.69, 9.17) is 4.74 Å². The van der Waals surface area contributed by atoms with E-state index in [-0.39, 0.29) is 23.4 Å². The van der Waals surface area contributed by atoms with Gasteiger partial charge in [-0.25, -0.2) is 8.42 Å². The topological polar surface area (TPSA) is 96.0 Å². The second kappa shape index (κ2) is 14.6. The van der Waals surface area contributed by atoms with Crippen molar-refractivity contribution >= 4 is 27.5 Å². The Hall–Kier alpha value is -3.85. The van der Waals surface area contributed by atoms with Gasteiger partial charge in [-0.15, -0.1) is 0 Å². The van der Waals surface area contributed by atoms with Gasteiger partial charge >= 0.3 is 0 Å². The third-order valence-electron chi connectivity index (χ3n) is 8.13. The first-order chi connectivity index (χ1) is 20.7. The fourth-order valence-electron chi connectivity index (χ4n) is 5.62. The molecule has 0 aromatic heterocycles. The molecule has 3 aromatic carbocycles. The number of carbonyl (C=O) groups is 2. The van der Waals surface area contributed by atoms with Crippen LogP contribution in [0.1, 0.15) is 62.6 Å². The maximum absolute atomic E-state index is 14.3. The average molecular weight is 606 g/mol. The molecule has 0 bridgehead atoms. The molecule has 2 amide bonds. The number of benzene rings is 3. The van der Waals surface area contributed by atoms with Crippen LogP contribution in [0.3, 0.4) is 0 Å². The zero-order chi connectivity index (χ0) is 31.0. The minimum atomic E-state index is -4.12. The van der Waals surface area contributed by atoms with Gasteiger partial charge in [-0.1, -0.05) is 74.7 Å². The summed E-state index contributed by atoms with van der Waals surface area (Å²) in [6.45, 7) is 5.42. The Balaban J connectivity index is 1.74. The molecule has 1 atom stereocenters. The van der Waals surface area contributed by atoms with Crippen LogP contribution in [0.4, 0.5) is 5.69 Å². The number of anilines is 1. The van der Waals surface area contributed by atoms with Crippen molar-refractivity contribution < 1.29 is 22.7 Å². The number of methoxy groups -OCH3 is 1. The molecular formula is C34H43N3O5S. The van der Waals surface area contributed by atoms with Crippen molar-refractivity contribution in [3.8, 4) is 5.75 Å². The number of rotatable bonds is 13. The van der Waals surface area contributed by atoms with E-state index in [1.165, 1.54) is 9.21 Å². The largest absolute Gasteiger partial charge is 0.497 e. The van der Waals surface area contributed by atoms with Gasteiger partial charge in [0.2, 0.25) is 11.8 Å². The second-order valence-corrected chi connectivity index (χ2v) is 13.0. The van der Waals surface area contributed by atoms with Crippen molar-refractivity contribution in [1.29, 1.82) is 0 Å². The molecule has 1 fully saturated rings. The molecule has 3 aromatic rings. The van der Waals surface area contributed by atoms with Crippen molar-refractivity contribution in [3.63, 3.8) is 0 Å². The zero-order valence-corrected chi connectivity index (χ0v) is 26.4. The van der Waals surface area contributed by atoms with Crippen molar-refractivity contribution in [2.24, 2.45) is 0 Å². The molecule has 0 aliphatic heterocycles. The fraction of sp³-hybridized carbons (Fsp3) is 0.412. The molecule has 4 rings (SSSR count). The highest BCUT2D eigenvalue weighted by Crippen LogP contribution is 2.29. The van der Waals surface area contributed by atoms with Crippen LogP contribution in [0.25, 0.3) is 0 Å². The summed E-state index contributed by atoms with van der Waals surface area (Å²) in [5, 5.41) is 3.15. The minimum Gasteiger partial charge on any atom is -0.497 e. The van der Waals surface area contributed by atoms with Crippen LogP contribution in [0.5, 0.6) is 5.75 Å². The Bertz CT molecular complexity index is 1480. The molecular weight excluding hydrogens is 562 g/mol. The Morgan fingerprint density at radius 2 is 1.60 bits per heavy atom.